The van der Waals surface area contributed by atoms with Gasteiger partial charge < -0.3 is 9.80 Å². The van der Waals surface area contributed by atoms with Crippen molar-refractivity contribution < 1.29 is 13.2 Å². The molecule has 0 radical (unpaired) electrons. The van der Waals surface area contributed by atoms with E-state index in [4.69, 9.17) is 0 Å². The number of hydrogen-bond donors (Lipinski definition) is 0. The van der Waals surface area contributed by atoms with E-state index < -0.39 is 11.7 Å². The summed E-state index contributed by atoms with van der Waals surface area (Å²) in [7, 11) is 0. The lowest BCUT2D eigenvalue weighted by Crippen LogP contribution is -2.46. The van der Waals surface area contributed by atoms with Crippen LogP contribution >= 0.6 is 0 Å². The van der Waals surface area contributed by atoms with Crippen molar-refractivity contribution in [2.75, 3.05) is 36.0 Å². The van der Waals surface area contributed by atoms with Crippen molar-refractivity contribution in [1.29, 1.82) is 0 Å². The molecule has 1 aliphatic rings. The van der Waals surface area contributed by atoms with Crippen molar-refractivity contribution in [2.24, 2.45) is 0 Å². The molecular weight excluding hydrogens is 367 g/mol. The van der Waals surface area contributed by atoms with E-state index in [1.54, 1.807) is 24.7 Å². The Balaban J connectivity index is 1.51. The maximum Gasteiger partial charge on any atom is 0.416 e. The zero-order valence-electron chi connectivity index (χ0n) is 15.0. The van der Waals surface area contributed by atoms with Crippen molar-refractivity contribution in [2.45, 2.75) is 6.18 Å². The summed E-state index contributed by atoms with van der Waals surface area (Å²) in [5.41, 5.74) is 1.27. The highest BCUT2D eigenvalue weighted by atomic mass is 19.4. The van der Waals surface area contributed by atoms with E-state index in [1.807, 2.05) is 12.1 Å². The Kier molecular flexibility index (Phi) is 4.85. The van der Waals surface area contributed by atoms with Crippen LogP contribution in [-0.2, 0) is 6.18 Å². The second-order valence-corrected chi connectivity index (χ2v) is 6.52. The first-order valence-corrected chi connectivity index (χ1v) is 8.90. The van der Waals surface area contributed by atoms with Gasteiger partial charge in [0.1, 0.15) is 5.82 Å². The molecule has 1 fully saturated rings. The summed E-state index contributed by atoms with van der Waals surface area (Å²) >= 11 is 0. The molecule has 0 spiro atoms. The Labute approximate surface area is 160 Å². The zero-order valence-corrected chi connectivity index (χ0v) is 15.0. The van der Waals surface area contributed by atoms with Crippen LogP contribution in [0.15, 0.2) is 61.2 Å². The molecular formula is C20H18F3N5. The summed E-state index contributed by atoms with van der Waals surface area (Å²) in [6, 6.07) is 9.12. The molecule has 28 heavy (non-hydrogen) atoms. The number of benzene rings is 1. The normalized spacial score (nSPS) is 15.0. The molecule has 1 saturated heterocycles. The van der Waals surface area contributed by atoms with Gasteiger partial charge in [0, 0.05) is 49.8 Å². The third-order valence-electron chi connectivity index (χ3n) is 4.74. The van der Waals surface area contributed by atoms with Gasteiger partial charge in [-0.1, -0.05) is 12.1 Å². The third-order valence-corrected chi connectivity index (χ3v) is 4.74. The maximum absolute atomic E-state index is 13.0. The molecule has 0 bridgehead atoms. The zero-order chi connectivity index (χ0) is 19.6. The van der Waals surface area contributed by atoms with E-state index >= 15 is 0 Å². The van der Waals surface area contributed by atoms with E-state index in [0.29, 0.717) is 17.1 Å². The lowest BCUT2D eigenvalue weighted by Gasteiger charge is -2.36. The minimum atomic E-state index is -4.38. The van der Waals surface area contributed by atoms with E-state index in [2.05, 4.69) is 24.8 Å². The fourth-order valence-corrected chi connectivity index (χ4v) is 3.25. The molecule has 4 rings (SSSR count). The van der Waals surface area contributed by atoms with Crippen LogP contribution in [0.1, 0.15) is 5.56 Å². The Morgan fingerprint density at radius 3 is 2.25 bits per heavy atom. The van der Waals surface area contributed by atoms with E-state index in [1.165, 1.54) is 12.3 Å². The van der Waals surface area contributed by atoms with Gasteiger partial charge in [0.05, 0.1) is 23.7 Å². The largest absolute Gasteiger partial charge is 0.416 e. The van der Waals surface area contributed by atoms with E-state index in [9.17, 15) is 13.2 Å². The molecule has 8 heteroatoms. The van der Waals surface area contributed by atoms with E-state index in [-0.39, 0.29) is 0 Å². The highest BCUT2D eigenvalue weighted by Gasteiger charge is 2.30. The first kappa shape index (κ1) is 18.2. The molecule has 144 valence electrons. The van der Waals surface area contributed by atoms with Crippen LogP contribution in [0, 0.1) is 0 Å². The molecule has 0 atom stereocenters. The van der Waals surface area contributed by atoms with Gasteiger partial charge in [-0.2, -0.15) is 13.2 Å². The molecule has 0 saturated carbocycles. The van der Waals surface area contributed by atoms with Crippen LogP contribution in [0.4, 0.5) is 24.7 Å². The van der Waals surface area contributed by atoms with Crippen LogP contribution in [0.5, 0.6) is 0 Å². The molecule has 0 N–H and O–H groups in total. The lowest BCUT2D eigenvalue weighted by molar-refractivity contribution is -0.137. The molecule has 0 amide bonds. The highest BCUT2D eigenvalue weighted by Crippen LogP contribution is 2.32. The quantitative estimate of drug-likeness (QED) is 0.685. The first-order valence-electron chi connectivity index (χ1n) is 8.90. The molecule has 5 nitrogen and oxygen atoms in total. The van der Waals surface area contributed by atoms with E-state index in [0.717, 1.165) is 44.0 Å². The van der Waals surface area contributed by atoms with Gasteiger partial charge >= 0.3 is 6.18 Å². The Morgan fingerprint density at radius 1 is 0.821 bits per heavy atom. The van der Waals surface area contributed by atoms with Crippen molar-refractivity contribution >= 4 is 11.5 Å². The van der Waals surface area contributed by atoms with Crippen molar-refractivity contribution in [3.05, 3.63) is 66.7 Å². The summed E-state index contributed by atoms with van der Waals surface area (Å²) in [6.45, 7) is 3.14. The molecule has 3 aromatic rings. The molecule has 2 aromatic heterocycles. The summed E-state index contributed by atoms with van der Waals surface area (Å²) < 4.78 is 38.9. The number of nitrogens with zero attached hydrogens (tertiary/aromatic N) is 5. The summed E-state index contributed by atoms with van der Waals surface area (Å²) in [4.78, 5) is 17.2. The van der Waals surface area contributed by atoms with Gasteiger partial charge in [0.25, 0.3) is 0 Å². The fraction of sp³-hybridized carbons (Fsp3) is 0.250. The molecule has 1 aromatic carbocycles. The average Bonchev–Trinajstić information content (AvgIpc) is 2.74. The number of pyridine rings is 1. The Morgan fingerprint density at radius 2 is 1.54 bits per heavy atom. The van der Waals surface area contributed by atoms with Crippen molar-refractivity contribution in [1.82, 2.24) is 15.0 Å². The number of rotatable bonds is 3. The van der Waals surface area contributed by atoms with Crippen molar-refractivity contribution in [3.63, 3.8) is 0 Å². The number of alkyl halides is 3. The van der Waals surface area contributed by atoms with Crippen molar-refractivity contribution in [3.8, 4) is 11.3 Å². The van der Waals surface area contributed by atoms with Gasteiger partial charge in [0.2, 0.25) is 0 Å². The van der Waals surface area contributed by atoms with Crippen LogP contribution < -0.4 is 9.80 Å². The Bertz CT molecular complexity index is 938. The van der Waals surface area contributed by atoms with Crippen LogP contribution in [-0.4, -0.2) is 41.1 Å². The average molecular weight is 385 g/mol. The topological polar surface area (TPSA) is 45.2 Å². The molecule has 0 unspecified atom stereocenters. The molecule has 0 aliphatic carbocycles. The SMILES string of the molecule is FC(F)(F)c1cccc(-c2cncc(N3CCN(c4ccncc4)CC3)n2)c1. The van der Waals surface area contributed by atoms with Crippen LogP contribution in [0.3, 0.4) is 0 Å². The maximum atomic E-state index is 13.0. The monoisotopic (exact) mass is 385 g/mol. The number of hydrogen-bond acceptors (Lipinski definition) is 5. The summed E-state index contributed by atoms with van der Waals surface area (Å²) in [5, 5.41) is 0. The number of aromatic nitrogens is 3. The van der Waals surface area contributed by atoms with Gasteiger partial charge in [0.15, 0.2) is 0 Å². The van der Waals surface area contributed by atoms with Crippen LogP contribution in [0.2, 0.25) is 0 Å². The standard InChI is InChI=1S/C20H18F3N5/c21-20(22,23)16-3-1-2-15(12-16)18-13-25-14-19(26-18)28-10-8-27(9-11-28)17-4-6-24-7-5-17/h1-7,12-14H,8-11H2. The summed E-state index contributed by atoms with van der Waals surface area (Å²) in [5.74, 6) is 0.671. The third kappa shape index (κ3) is 3.90. The predicted molar refractivity (Wildman–Crippen MR) is 101 cm³/mol. The second-order valence-electron chi connectivity index (χ2n) is 6.52. The van der Waals surface area contributed by atoms with Gasteiger partial charge in [-0.05, 0) is 24.3 Å². The molecule has 3 heterocycles. The van der Waals surface area contributed by atoms with Gasteiger partial charge in [-0.25, -0.2) is 4.98 Å². The van der Waals surface area contributed by atoms with Crippen LogP contribution in [0.25, 0.3) is 11.3 Å². The minimum Gasteiger partial charge on any atom is -0.368 e. The number of halogens is 3. The lowest BCUT2D eigenvalue weighted by atomic mass is 10.1. The first-order chi connectivity index (χ1) is 13.5. The predicted octanol–water partition coefficient (Wildman–Crippen LogP) is 3.88. The summed E-state index contributed by atoms with van der Waals surface area (Å²) in [6.07, 6.45) is 2.30. The minimum absolute atomic E-state index is 0.402. The molecule has 1 aliphatic heterocycles. The number of piperazine rings is 1. The Hall–Kier alpha value is -3.16. The highest BCUT2D eigenvalue weighted by molar-refractivity contribution is 5.61. The van der Waals surface area contributed by atoms with Gasteiger partial charge in [-0.3, -0.25) is 9.97 Å². The smallest absolute Gasteiger partial charge is 0.368 e. The van der Waals surface area contributed by atoms with Gasteiger partial charge in [-0.15, -0.1) is 0 Å². The fourth-order valence-electron chi connectivity index (χ4n) is 3.25. The second kappa shape index (κ2) is 7.46. The number of anilines is 2.